The van der Waals surface area contributed by atoms with Crippen LogP contribution in [0.15, 0.2) is 48.8 Å². The lowest BCUT2D eigenvalue weighted by atomic mass is 10.0. The van der Waals surface area contributed by atoms with E-state index in [1.165, 1.54) is 0 Å². The molecule has 20 heavy (non-hydrogen) atoms. The van der Waals surface area contributed by atoms with Crippen LogP contribution < -0.4 is 4.74 Å². The van der Waals surface area contributed by atoms with E-state index in [2.05, 4.69) is 11.9 Å². The van der Waals surface area contributed by atoms with E-state index in [0.717, 1.165) is 30.8 Å². The van der Waals surface area contributed by atoms with Gasteiger partial charge in [0.1, 0.15) is 5.75 Å². The summed E-state index contributed by atoms with van der Waals surface area (Å²) in [7, 11) is 0. The van der Waals surface area contributed by atoms with Gasteiger partial charge in [-0.25, -0.2) is 0 Å². The molecule has 0 N–H and O–H groups in total. The van der Waals surface area contributed by atoms with Gasteiger partial charge >= 0.3 is 0 Å². The fraction of sp³-hybridized carbons (Fsp3) is 0.294. The van der Waals surface area contributed by atoms with E-state index in [0.29, 0.717) is 12.0 Å². The highest BCUT2D eigenvalue weighted by atomic mass is 16.5. The number of nitrogens with zero attached hydrogens (tertiary/aromatic N) is 1. The normalized spacial score (nSPS) is 10.2. The maximum atomic E-state index is 12.0. The Hall–Kier alpha value is -2.16. The summed E-state index contributed by atoms with van der Waals surface area (Å²) >= 11 is 0. The summed E-state index contributed by atoms with van der Waals surface area (Å²) in [4.78, 5) is 15.9. The molecule has 3 heteroatoms. The number of aromatic nitrogens is 1. The first kappa shape index (κ1) is 14.3. The molecule has 0 aliphatic rings. The van der Waals surface area contributed by atoms with Gasteiger partial charge in [0.15, 0.2) is 5.78 Å². The van der Waals surface area contributed by atoms with Crippen LogP contribution in [0, 0.1) is 0 Å². The second-order valence-corrected chi connectivity index (χ2v) is 4.66. The van der Waals surface area contributed by atoms with E-state index in [9.17, 15) is 4.79 Å². The van der Waals surface area contributed by atoms with Crippen molar-refractivity contribution in [3.63, 3.8) is 0 Å². The molecule has 104 valence electrons. The molecule has 0 spiro atoms. The maximum Gasteiger partial charge on any atom is 0.164 e. The number of ketones is 1. The quantitative estimate of drug-likeness (QED) is 0.720. The van der Waals surface area contributed by atoms with E-state index >= 15 is 0 Å². The maximum absolute atomic E-state index is 12.0. The molecule has 0 bridgehead atoms. The lowest BCUT2D eigenvalue weighted by molar-refractivity contribution is 0.0982. The van der Waals surface area contributed by atoms with Gasteiger partial charge in [-0.2, -0.15) is 0 Å². The van der Waals surface area contributed by atoms with Crippen LogP contribution >= 0.6 is 0 Å². The summed E-state index contributed by atoms with van der Waals surface area (Å²) in [5.41, 5.74) is 1.82. The van der Waals surface area contributed by atoms with Crippen LogP contribution in [-0.2, 0) is 6.42 Å². The van der Waals surface area contributed by atoms with Gasteiger partial charge in [-0.1, -0.05) is 19.1 Å². The Bertz CT molecular complexity index is 535. The van der Waals surface area contributed by atoms with Crippen molar-refractivity contribution in [3.05, 3.63) is 59.9 Å². The molecule has 2 rings (SSSR count). The van der Waals surface area contributed by atoms with Crippen LogP contribution in [0.5, 0.6) is 5.75 Å². The largest absolute Gasteiger partial charge is 0.494 e. The Morgan fingerprint density at radius 3 is 2.65 bits per heavy atom. The second-order valence-electron chi connectivity index (χ2n) is 4.66. The fourth-order valence-corrected chi connectivity index (χ4v) is 1.90. The van der Waals surface area contributed by atoms with Crippen molar-refractivity contribution >= 4 is 5.78 Å². The SMILES string of the molecule is CCCOc1ccc(CCC(=O)c2cccnc2)cc1. The van der Waals surface area contributed by atoms with Gasteiger partial charge in [0.05, 0.1) is 6.61 Å². The number of hydrogen-bond acceptors (Lipinski definition) is 3. The van der Waals surface area contributed by atoms with Crippen molar-refractivity contribution in [2.45, 2.75) is 26.2 Å². The molecule has 1 heterocycles. The minimum absolute atomic E-state index is 0.129. The number of aryl methyl sites for hydroxylation is 1. The molecule has 0 saturated carbocycles. The predicted octanol–water partition coefficient (Wildman–Crippen LogP) is 3.69. The van der Waals surface area contributed by atoms with Crippen LogP contribution in [0.3, 0.4) is 0 Å². The van der Waals surface area contributed by atoms with Crippen molar-refractivity contribution in [2.24, 2.45) is 0 Å². The number of carbonyl (C=O) groups excluding carboxylic acids is 1. The highest BCUT2D eigenvalue weighted by Gasteiger charge is 2.06. The standard InChI is InChI=1S/C17H19NO2/c1-2-12-20-16-8-5-14(6-9-16)7-10-17(19)15-4-3-11-18-13-15/h3-6,8-9,11,13H,2,7,10,12H2,1H3. The van der Waals surface area contributed by atoms with E-state index in [4.69, 9.17) is 4.74 Å². The summed E-state index contributed by atoms with van der Waals surface area (Å²) in [5, 5.41) is 0. The first-order chi connectivity index (χ1) is 9.79. The van der Waals surface area contributed by atoms with E-state index in [1.54, 1.807) is 24.5 Å². The molecule has 0 amide bonds. The predicted molar refractivity (Wildman–Crippen MR) is 79.1 cm³/mol. The zero-order valence-electron chi connectivity index (χ0n) is 11.7. The van der Waals surface area contributed by atoms with Gasteiger partial charge in [-0.3, -0.25) is 9.78 Å². The third-order valence-corrected chi connectivity index (χ3v) is 3.02. The zero-order chi connectivity index (χ0) is 14.2. The fourth-order valence-electron chi connectivity index (χ4n) is 1.90. The minimum Gasteiger partial charge on any atom is -0.494 e. The molecule has 0 aliphatic heterocycles. The van der Waals surface area contributed by atoms with Crippen molar-refractivity contribution in [1.29, 1.82) is 0 Å². The third-order valence-electron chi connectivity index (χ3n) is 3.02. The van der Waals surface area contributed by atoms with Crippen LogP contribution in [0.4, 0.5) is 0 Å². The van der Waals surface area contributed by atoms with Crippen LogP contribution in [0.25, 0.3) is 0 Å². The van der Waals surface area contributed by atoms with Crippen LogP contribution in [0.1, 0.15) is 35.7 Å². The molecule has 2 aromatic rings. The van der Waals surface area contributed by atoms with Crippen LogP contribution in [-0.4, -0.2) is 17.4 Å². The molecule has 0 saturated heterocycles. The van der Waals surface area contributed by atoms with Crippen molar-refractivity contribution in [3.8, 4) is 5.75 Å². The number of pyridine rings is 1. The molecule has 0 fully saturated rings. The van der Waals surface area contributed by atoms with Crippen molar-refractivity contribution < 1.29 is 9.53 Å². The van der Waals surface area contributed by atoms with Gasteiger partial charge in [0.25, 0.3) is 0 Å². The van der Waals surface area contributed by atoms with E-state index in [-0.39, 0.29) is 5.78 Å². The van der Waals surface area contributed by atoms with Crippen molar-refractivity contribution in [1.82, 2.24) is 4.98 Å². The smallest absolute Gasteiger partial charge is 0.164 e. The molecule has 0 atom stereocenters. The number of ether oxygens (including phenoxy) is 1. The third kappa shape index (κ3) is 4.19. The summed E-state index contributed by atoms with van der Waals surface area (Å²) in [6.07, 6.45) is 5.53. The Labute approximate surface area is 119 Å². The van der Waals surface area contributed by atoms with Gasteiger partial charge in [-0.05, 0) is 42.7 Å². The topological polar surface area (TPSA) is 39.2 Å². The molecular weight excluding hydrogens is 250 g/mol. The molecular formula is C17H19NO2. The number of Topliss-reactive ketones (excluding diaryl/α,β-unsaturated/α-hetero) is 1. The average molecular weight is 269 g/mol. The second kappa shape index (κ2) is 7.43. The van der Waals surface area contributed by atoms with Gasteiger partial charge in [-0.15, -0.1) is 0 Å². The molecule has 1 aromatic heterocycles. The summed E-state index contributed by atoms with van der Waals surface area (Å²) in [6, 6.07) is 11.5. The molecule has 0 radical (unpaired) electrons. The lowest BCUT2D eigenvalue weighted by Crippen LogP contribution is -2.01. The Morgan fingerprint density at radius 2 is 2.00 bits per heavy atom. The van der Waals surface area contributed by atoms with Gasteiger partial charge in [0.2, 0.25) is 0 Å². The number of rotatable bonds is 7. The van der Waals surface area contributed by atoms with Gasteiger partial charge in [0, 0.05) is 24.4 Å². The monoisotopic (exact) mass is 269 g/mol. The van der Waals surface area contributed by atoms with E-state index < -0.39 is 0 Å². The summed E-state index contributed by atoms with van der Waals surface area (Å²) in [6.45, 7) is 2.82. The highest BCUT2D eigenvalue weighted by molar-refractivity contribution is 5.95. The molecule has 0 unspecified atom stereocenters. The van der Waals surface area contributed by atoms with Crippen molar-refractivity contribution in [2.75, 3.05) is 6.61 Å². The minimum atomic E-state index is 0.129. The number of hydrogen-bond donors (Lipinski definition) is 0. The molecule has 1 aromatic carbocycles. The Morgan fingerprint density at radius 1 is 1.20 bits per heavy atom. The summed E-state index contributed by atoms with van der Waals surface area (Å²) < 4.78 is 5.53. The first-order valence-corrected chi connectivity index (χ1v) is 6.94. The summed E-state index contributed by atoms with van der Waals surface area (Å²) in [5.74, 6) is 1.01. The van der Waals surface area contributed by atoms with E-state index in [1.807, 2.05) is 24.3 Å². The lowest BCUT2D eigenvalue weighted by Gasteiger charge is -2.06. The molecule has 3 nitrogen and oxygen atoms in total. The average Bonchev–Trinajstić information content (AvgIpc) is 2.52. The van der Waals surface area contributed by atoms with Gasteiger partial charge < -0.3 is 4.74 Å². The zero-order valence-corrected chi connectivity index (χ0v) is 11.7. The highest BCUT2D eigenvalue weighted by Crippen LogP contribution is 2.14. The number of benzene rings is 1. The Balaban J connectivity index is 1.86. The molecule has 0 aliphatic carbocycles. The first-order valence-electron chi connectivity index (χ1n) is 6.94. The Kier molecular flexibility index (Phi) is 5.30. The van der Waals surface area contributed by atoms with Crippen LogP contribution in [0.2, 0.25) is 0 Å². The number of carbonyl (C=O) groups is 1.